The standard InChI is InChI=1S/C16H11Br2ClFNO4/c1-24-15(22)8-5-3-4-6-21(13(8)16(23)25-2)14-10(18)7-9(17)12(20)11(14)19/h3-7H,1-2H3. The lowest BCUT2D eigenvalue weighted by Crippen LogP contribution is -2.27. The van der Waals surface area contributed by atoms with Gasteiger partial charge in [-0.25, -0.2) is 14.0 Å². The Morgan fingerprint density at radius 1 is 1.12 bits per heavy atom. The van der Waals surface area contributed by atoms with Crippen LogP contribution in [-0.4, -0.2) is 26.2 Å². The molecule has 0 bridgehead atoms. The minimum Gasteiger partial charge on any atom is -0.465 e. The number of methoxy groups -OCH3 is 2. The highest BCUT2D eigenvalue weighted by molar-refractivity contribution is 9.11. The maximum Gasteiger partial charge on any atom is 0.355 e. The first-order valence-electron chi connectivity index (χ1n) is 6.71. The number of carbonyl (C=O) groups is 2. The van der Waals surface area contributed by atoms with E-state index in [0.717, 1.165) is 0 Å². The van der Waals surface area contributed by atoms with E-state index in [4.69, 9.17) is 21.1 Å². The quantitative estimate of drug-likeness (QED) is 0.351. The Balaban J connectivity index is 2.81. The van der Waals surface area contributed by atoms with Gasteiger partial charge in [-0.05, 0) is 50.1 Å². The van der Waals surface area contributed by atoms with Crippen molar-refractivity contribution in [2.24, 2.45) is 0 Å². The zero-order chi connectivity index (χ0) is 18.7. The highest BCUT2D eigenvalue weighted by Gasteiger charge is 2.30. The van der Waals surface area contributed by atoms with Crippen LogP contribution >= 0.6 is 43.5 Å². The Bertz CT molecular complexity index is 836. The van der Waals surface area contributed by atoms with Crippen molar-refractivity contribution in [1.82, 2.24) is 0 Å². The van der Waals surface area contributed by atoms with E-state index in [1.807, 2.05) is 0 Å². The number of halogens is 4. The number of rotatable bonds is 3. The third-order valence-corrected chi connectivity index (χ3v) is 4.75. The number of hydrogen-bond acceptors (Lipinski definition) is 5. The molecule has 1 aromatic carbocycles. The average molecular weight is 496 g/mol. The Morgan fingerprint density at radius 3 is 2.36 bits per heavy atom. The van der Waals surface area contributed by atoms with Gasteiger partial charge in [0.1, 0.15) is 10.7 Å². The Morgan fingerprint density at radius 2 is 1.76 bits per heavy atom. The number of ether oxygens (including phenoxy) is 2. The van der Waals surface area contributed by atoms with Crippen molar-refractivity contribution >= 4 is 61.1 Å². The SMILES string of the molecule is COC(=O)C1=C(C(=O)OC)N(c2c(Br)cc(Br)c(F)c2Cl)C=CC=C1. The first kappa shape index (κ1) is 19.7. The third kappa shape index (κ3) is 3.80. The van der Waals surface area contributed by atoms with Gasteiger partial charge in [0.05, 0.1) is 30.0 Å². The second kappa shape index (κ2) is 8.16. The molecule has 0 aromatic heterocycles. The summed E-state index contributed by atoms with van der Waals surface area (Å²) in [4.78, 5) is 25.7. The van der Waals surface area contributed by atoms with Gasteiger partial charge in [0.2, 0.25) is 0 Å². The smallest absolute Gasteiger partial charge is 0.355 e. The Labute approximate surface area is 165 Å². The van der Waals surface area contributed by atoms with Crippen molar-refractivity contribution in [3.8, 4) is 0 Å². The zero-order valence-electron chi connectivity index (χ0n) is 13.0. The molecule has 25 heavy (non-hydrogen) atoms. The first-order chi connectivity index (χ1) is 11.8. The van der Waals surface area contributed by atoms with Crippen LogP contribution in [0, 0.1) is 5.82 Å². The summed E-state index contributed by atoms with van der Waals surface area (Å²) >= 11 is 12.5. The van der Waals surface area contributed by atoms with Crippen LogP contribution < -0.4 is 4.90 Å². The number of carbonyl (C=O) groups excluding carboxylic acids is 2. The van der Waals surface area contributed by atoms with E-state index >= 15 is 0 Å². The van der Waals surface area contributed by atoms with Crippen LogP contribution in [0.5, 0.6) is 0 Å². The van der Waals surface area contributed by atoms with Crippen molar-refractivity contribution in [1.29, 1.82) is 0 Å². The summed E-state index contributed by atoms with van der Waals surface area (Å²) in [6.45, 7) is 0. The minimum absolute atomic E-state index is 0.0642. The van der Waals surface area contributed by atoms with Crippen molar-refractivity contribution in [3.63, 3.8) is 0 Å². The number of hydrogen-bond donors (Lipinski definition) is 0. The number of nitrogens with zero attached hydrogens (tertiary/aromatic N) is 1. The van der Waals surface area contributed by atoms with E-state index in [1.165, 1.54) is 43.5 Å². The number of anilines is 1. The second-order valence-corrected chi connectivity index (χ2v) is 6.72. The van der Waals surface area contributed by atoms with Crippen molar-refractivity contribution < 1.29 is 23.5 Å². The van der Waals surface area contributed by atoms with Gasteiger partial charge in [-0.2, -0.15) is 0 Å². The van der Waals surface area contributed by atoms with Gasteiger partial charge in [0, 0.05) is 10.7 Å². The van der Waals surface area contributed by atoms with E-state index in [2.05, 4.69) is 31.9 Å². The summed E-state index contributed by atoms with van der Waals surface area (Å²) in [5, 5.41) is -0.251. The monoisotopic (exact) mass is 493 g/mol. The number of benzene rings is 1. The molecule has 1 aliphatic heterocycles. The fraction of sp³-hybridized carbons (Fsp3) is 0.125. The number of allylic oxidation sites excluding steroid dienone is 2. The molecule has 0 N–H and O–H groups in total. The van der Waals surface area contributed by atoms with Gasteiger partial charge in [0.15, 0.2) is 5.82 Å². The third-order valence-electron chi connectivity index (χ3n) is 3.22. The fourth-order valence-electron chi connectivity index (χ4n) is 2.11. The highest BCUT2D eigenvalue weighted by atomic mass is 79.9. The Kier molecular flexibility index (Phi) is 6.42. The topological polar surface area (TPSA) is 55.8 Å². The lowest BCUT2D eigenvalue weighted by molar-refractivity contribution is -0.139. The molecule has 0 spiro atoms. The molecule has 132 valence electrons. The predicted octanol–water partition coefficient (Wildman–Crippen LogP) is 4.49. The summed E-state index contributed by atoms with van der Waals surface area (Å²) in [5.41, 5.74) is -0.0987. The molecule has 0 saturated carbocycles. The molecule has 9 heteroatoms. The molecule has 1 aromatic rings. The van der Waals surface area contributed by atoms with E-state index < -0.39 is 17.8 Å². The van der Waals surface area contributed by atoms with Crippen molar-refractivity contribution in [3.05, 3.63) is 61.5 Å². The van der Waals surface area contributed by atoms with E-state index in [0.29, 0.717) is 4.47 Å². The minimum atomic E-state index is -0.817. The molecule has 0 radical (unpaired) electrons. The maximum absolute atomic E-state index is 14.3. The molecular formula is C16H11Br2ClFNO4. The molecular weight excluding hydrogens is 484 g/mol. The second-order valence-electron chi connectivity index (χ2n) is 4.63. The summed E-state index contributed by atoms with van der Waals surface area (Å²) in [6.07, 6.45) is 5.94. The van der Waals surface area contributed by atoms with Crippen molar-refractivity contribution in [2.45, 2.75) is 0 Å². The maximum atomic E-state index is 14.3. The summed E-state index contributed by atoms with van der Waals surface area (Å²) in [7, 11) is 2.35. The van der Waals surface area contributed by atoms with Gasteiger partial charge >= 0.3 is 11.9 Å². The molecule has 0 amide bonds. The lowest BCUT2D eigenvalue weighted by atomic mass is 10.1. The van der Waals surface area contributed by atoms with Gasteiger partial charge in [-0.15, -0.1) is 0 Å². The largest absolute Gasteiger partial charge is 0.465 e. The Hall–Kier alpha value is -1.64. The van der Waals surface area contributed by atoms with E-state index in [9.17, 15) is 14.0 Å². The van der Waals surface area contributed by atoms with E-state index in [1.54, 1.807) is 6.08 Å². The van der Waals surface area contributed by atoms with Gasteiger partial charge in [0.25, 0.3) is 0 Å². The molecule has 1 heterocycles. The molecule has 0 atom stereocenters. The normalized spacial score (nSPS) is 13.8. The number of esters is 2. The molecule has 5 nitrogen and oxygen atoms in total. The van der Waals surface area contributed by atoms with Crippen LogP contribution in [-0.2, 0) is 19.1 Å². The lowest BCUT2D eigenvalue weighted by Gasteiger charge is -2.25. The molecule has 1 aliphatic rings. The van der Waals surface area contributed by atoms with Gasteiger partial charge in [-0.3, -0.25) is 0 Å². The molecule has 0 aliphatic carbocycles. The molecule has 0 unspecified atom stereocenters. The van der Waals surface area contributed by atoms with E-state index in [-0.39, 0.29) is 26.5 Å². The predicted molar refractivity (Wildman–Crippen MR) is 98.6 cm³/mol. The van der Waals surface area contributed by atoms with Crippen LogP contribution in [0.1, 0.15) is 0 Å². The van der Waals surface area contributed by atoms with Gasteiger partial charge in [-0.1, -0.05) is 17.7 Å². The average Bonchev–Trinajstić information content (AvgIpc) is 2.81. The van der Waals surface area contributed by atoms with Gasteiger partial charge < -0.3 is 14.4 Å². The molecule has 0 saturated heterocycles. The van der Waals surface area contributed by atoms with Crippen LogP contribution in [0.2, 0.25) is 5.02 Å². The summed E-state index contributed by atoms with van der Waals surface area (Å²) in [5.74, 6) is -2.28. The zero-order valence-corrected chi connectivity index (χ0v) is 16.9. The molecule has 0 fully saturated rings. The fourth-order valence-corrected chi connectivity index (χ4v) is 3.99. The van der Waals surface area contributed by atoms with Crippen LogP contribution in [0.25, 0.3) is 0 Å². The van der Waals surface area contributed by atoms with Crippen LogP contribution in [0.4, 0.5) is 10.1 Å². The van der Waals surface area contributed by atoms with Crippen LogP contribution in [0.15, 0.2) is 50.7 Å². The molecule has 2 rings (SSSR count). The first-order valence-corrected chi connectivity index (χ1v) is 8.67. The summed E-state index contributed by atoms with van der Waals surface area (Å²) in [6, 6.07) is 1.44. The van der Waals surface area contributed by atoms with Crippen LogP contribution in [0.3, 0.4) is 0 Å². The summed E-state index contributed by atoms with van der Waals surface area (Å²) < 4.78 is 24.3. The highest BCUT2D eigenvalue weighted by Crippen LogP contribution is 2.42. The van der Waals surface area contributed by atoms with Crippen molar-refractivity contribution in [2.75, 3.05) is 19.1 Å².